The molecule has 0 bridgehead atoms. The molecule has 0 aliphatic carbocycles. The van der Waals surface area contributed by atoms with Crippen molar-refractivity contribution in [3.63, 3.8) is 0 Å². The number of alkyl halides is 1. The van der Waals surface area contributed by atoms with Crippen molar-refractivity contribution in [1.82, 2.24) is 0 Å². The monoisotopic (exact) mass is 319 g/mol. The summed E-state index contributed by atoms with van der Waals surface area (Å²) in [6.07, 6.45) is -0.580. The minimum Gasteiger partial charge on any atom is -0.453 e. The molecule has 0 radical (unpaired) electrons. The summed E-state index contributed by atoms with van der Waals surface area (Å²) in [5.74, 6) is -0.0254. The molecule has 1 aromatic rings. The lowest BCUT2D eigenvalue weighted by atomic mass is 10.1. The van der Waals surface area contributed by atoms with Gasteiger partial charge in [-0.1, -0.05) is 34.7 Å². The van der Waals surface area contributed by atoms with Gasteiger partial charge < -0.3 is 4.74 Å². The van der Waals surface area contributed by atoms with Gasteiger partial charge in [0.25, 0.3) is 0 Å². The summed E-state index contributed by atoms with van der Waals surface area (Å²) in [7, 11) is 1.28. The molecule has 0 aliphatic rings. The van der Waals surface area contributed by atoms with Crippen LogP contribution in [0, 0.1) is 0 Å². The predicted octanol–water partition coefficient (Wildman–Crippen LogP) is 2.48. The summed E-state index contributed by atoms with van der Waals surface area (Å²) >= 11 is 1.98. The Morgan fingerprint density at radius 2 is 2.07 bits per heavy atom. The Kier molecular flexibility index (Phi) is 4.54. The Hall–Kier alpha value is -1.11. The zero-order valence-electron chi connectivity index (χ0n) is 8.12. The van der Waals surface area contributed by atoms with E-state index in [2.05, 4.69) is 10.1 Å². The summed E-state index contributed by atoms with van der Waals surface area (Å²) in [6, 6.07) is 6.83. The minimum atomic E-state index is -0.580. The number of ketones is 1. The van der Waals surface area contributed by atoms with Crippen LogP contribution >= 0.6 is 22.6 Å². The van der Waals surface area contributed by atoms with E-state index in [9.17, 15) is 9.59 Å². The van der Waals surface area contributed by atoms with E-state index >= 15 is 0 Å². The number of benzene rings is 1. The fraction of sp³-hybridized carbons (Fsp3) is 0.200. The molecule has 0 saturated heterocycles. The maximum atomic E-state index is 11.5. The fourth-order valence-corrected chi connectivity index (χ4v) is 1.48. The normalized spacial score (nSPS) is 9.47. The number of methoxy groups -OCH3 is 1. The number of amides is 1. The van der Waals surface area contributed by atoms with Gasteiger partial charge in [0, 0.05) is 5.56 Å². The summed E-state index contributed by atoms with van der Waals surface area (Å²) in [6.45, 7) is 0. The molecule has 0 unspecified atom stereocenters. The van der Waals surface area contributed by atoms with Gasteiger partial charge in [-0.2, -0.15) is 0 Å². The highest BCUT2D eigenvalue weighted by atomic mass is 127. The van der Waals surface area contributed by atoms with Gasteiger partial charge in [0.1, 0.15) is 0 Å². The van der Waals surface area contributed by atoms with Crippen molar-refractivity contribution in [2.45, 2.75) is 0 Å². The highest BCUT2D eigenvalue weighted by Gasteiger charge is 2.11. The van der Waals surface area contributed by atoms with E-state index in [0.29, 0.717) is 15.7 Å². The van der Waals surface area contributed by atoms with Gasteiger partial charge in [0.05, 0.1) is 17.2 Å². The number of hydrogen-bond donors (Lipinski definition) is 1. The minimum absolute atomic E-state index is 0.0254. The molecule has 0 aromatic heterocycles. The first kappa shape index (κ1) is 12.0. The third kappa shape index (κ3) is 3.19. The number of anilines is 1. The number of rotatable bonds is 3. The second-order valence-corrected chi connectivity index (χ2v) is 3.48. The number of Topliss-reactive ketones (excluding diaryl/α,β-unsaturated/α-hetero) is 1. The van der Waals surface area contributed by atoms with Crippen LogP contribution in [0.1, 0.15) is 10.4 Å². The van der Waals surface area contributed by atoms with Gasteiger partial charge in [0.2, 0.25) is 0 Å². The number of hydrogen-bond acceptors (Lipinski definition) is 3. The molecule has 4 nitrogen and oxygen atoms in total. The number of halogens is 1. The summed E-state index contributed by atoms with van der Waals surface area (Å²) in [5, 5.41) is 2.49. The Labute approximate surface area is 101 Å². The molecule has 0 saturated carbocycles. The molecule has 0 spiro atoms. The van der Waals surface area contributed by atoms with Crippen LogP contribution in [0.2, 0.25) is 0 Å². The summed E-state index contributed by atoms with van der Waals surface area (Å²) in [4.78, 5) is 22.5. The molecule has 1 amide bonds. The Morgan fingerprint density at radius 3 is 2.67 bits per heavy atom. The lowest BCUT2D eigenvalue weighted by Gasteiger charge is -2.07. The predicted molar refractivity (Wildman–Crippen MR) is 65.7 cm³/mol. The third-order valence-corrected chi connectivity index (χ3v) is 2.46. The van der Waals surface area contributed by atoms with E-state index in [1.54, 1.807) is 24.3 Å². The third-order valence-electron chi connectivity index (χ3n) is 1.77. The lowest BCUT2D eigenvalue weighted by Crippen LogP contribution is -2.14. The first-order chi connectivity index (χ1) is 7.19. The van der Waals surface area contributed by atoms with Crippen LogP contribution in [-0.4, -0.2) is 23.4 Å². The Morgan fingerprint density at radius 1 is 1.40 bits per heavy atom. The number of carbonyl (C=O) groups is 2. The smallest absolute Gasteiger partial charge is 0.411 e. The van der Waals surface area contributed by atoms with Crippen LogP contribution in [0.4, 0.5) is 10.5 Å². The fourth-order valence-electron chi connectivity index (χ4n) is 1.07. The average molecular weight is 319 g/mol. The van der Waals surface area contributed by atoms with Crippen LogP contribution < -0.4 is 5.32 Å². The largest absolute Gasteiger partial charge is 0.453 e. The molecular formula is C10H10INO3. The van der Waals surface area contributed by atoms with Crippen molar-refractivity contribution in [1.29, 1.82) is 0 Å². The molecule has 0 fully saturated rings. The molecule has 1 N–H and O–H groups in total. The maximum Gasteiger partial charge on any atom is 0.411 e. The number of para-hydroxylation sites is 1. The van der Waals surface area contributed by atoms with Crippen LogP contribution in [-0.2, 0) is 4.74 Å². The number of nitrogens with one attached hydrogen (secondary N) is 1. The van der Waals surface area contributed by atoms with E-state index < -0.39 is 6.09 Å². The van der Waals surface area contributed by atoms with E-state index in [-0.39, 0.29) is 5.78 Å². The Balaban J connectivity index is 2.96. The van der Waals surface area contributed by atoms with Gasteiger partial charge in [-0.25, -0.2) is 4.79 Å². The molecule has 15 heavy (non-hydrogen) atoms. The first-order valence-electron chi connectivity index (χ1n) is 4.22. The number of carbonyl (C=O) groups excluding carboxylic acids is 2. The van der Waals surface area contributed by atoms with Crippen molar-refractivity contribution in [2.75, 3.05) is 16.9 Å². The molecule has 0 heterocycles. The Bertz CT molecular complexity index is 379. The second-order valence-electron chi connectivity index (χ2n) is 2.72. The molecule has 1 rings (SSSR count). The molecule has 0 aliphatic heterocycles. The summed E-state index contributed by atoms with van der Waals surface area (Å²) in [5.41, 5.74) is 0.975. The van der Waals surface area contributed by atoms with Crippen molar-refractivity contribution in [2.24, 2.45) is 0 Å². The van der Waals surface area contributed by atoms with Crippen LogP contribution in [0.15, 0.2) is 24.3 Å². The van der Waals surface area contributed by atoms with Gasteiger partial charge >= 0.3 is 6.09 Å². The second kappa shape index (κ2) is 5.69. The maximum absolute atomic E-state index is 11.5. The van der Waals surface area contributed by atoms with Gasteiger partial charge in [-0.3, -0.25) is 10.1 Å². The molecule has 1 aromatic carbocycles. The standard InChI is InChI=1S/C10H10INO3/c1-15-10(14)12-8-5-3-2-4-7(8)9(13)6-11/h2-5H,6H2,1H3,(H,12,14). The molecule has 0 atom stereocenters. The van der Waals surface area contributed by atoms with Gasteiger partial charge in [0.15, 0.2) is 5.78 Å². The topological polar surface area (TPSA) is 55.4 Å². The summed E-state index contributed by atoms with van der Waals surface area (Å²) < 4.78 is 4.83. The highest BCUT2D eigenvalue weighted by molar-refractivity contribution is 14.1. The van der Waals surface area contributed by atoms with Gasteiger partial charge in [-0.05, 0) is 12.1 Å². The van der Waals surface area contributed by atoms with E-state index in [1.807, 2.05) is 22.6 Å². The zero-order chi connectivity index (χ0) is 11.3. The lowest BCUT2D eigenvalue weighted by molar-refractivity contribution is 0.102. The van der Waals surface area contributed by atoms with Crippen molar-refractivity contribution >= 4 is 40.2 Å². The van der Waals surface area contributed by atoms with Gasteiger partial charge in [-0.15, -0.1) is 0 Å². The van der Waals surface area contributed by atoms with E-state index in [0.717, 1.165) is 0 Å². The van der Waals surface area contributed by atoms with Crippen molar-refractivity contribution in [3.05, 3.63) is 29.8 Å². The SMILES string of the molecule is COC(=O)Nc1ccccc1C(=O)CI. The van der Waals surface area contributed by atoms with Crippen molar-refractivity contribution < 1.29 is 14.3 Å². The van der Waals surface area contributed by atoms with Crippen LogP contribution in [0.5, 0.6) is 0 Å². The van der Waals surface area contributed by atoms with Crippen molar-refractivity contribution in [3.8, 4) is 0 Å². The first-order valence-corrected chi connectivity index (χ1v) is 5.74. The highest BCUT2D eigenvalue weighted by Crippen LogP contribution is 2.16. The number of ether oxygens (including phenoxy) is 1. The molecular weight excluding hydrogens is 309 g/mol. The zero-order valence-corrected chi connectivity index (χ0v) is 10.3. The van der Waals surface area contributed by atoms with Crippen LogP contribution in [0.3, 0.4) is 0 Å². The molecule has 5 heteroatoms. The molecule has 80 valence electrons. The average Bonchev–Trinajstić information content (AvgIpc) is 2.28. The van der Waals surface area contributed by atoms with E-state index in [1.165, 1.54) is 7.11 Å². The van der Waals surface area contributed by atoms with E-state index in [4.69, 9.17) is 0 Å². The quantitative estimate of drug-likeness (QED) is 0.529. The van der Waals surface area contributed by atoms with Crippen LogP contribution in [0.25, 0.3) is 0 Å².